The molecular formula is C13H23N3. The summed E-state index contributed by atoms with van der Waals surface area (Å²) in [5.41, 5.74) is 3.67. The van der Waals surface area contributed by atoms with Gasteiger partial charge in [-0.15, -0.1) is 6.58 Å². The number of nitrogens with one attached hydrogen (secondary N) is 1. The minimum absolute atomic E-state index is 0.337. The Morgan fingerprint density at radius 3 is 2.50 bits per heavy atom. The summed E-state index contributed by atoms with van der Waals surface area (Å²) < 4.78 is 1.95. The third-order valence-corrected chi connectivity index (χ3v) is 3.05. The van der Waals surface area contributed by atoms with Gasteiger partial charge in [0, 0.05) is 30.4 Å². The Labute approximate surface area is 98.5 Å². The molecule has 3 heteroatoms. The zero-order chi connectivity index (χ0) is 12.3. The van der Waals surface area contributed by atoms with Crippen LogP contribution >= 0.6 is 0 Å². The van der Waals surface area contributed by atoms with Gasteiger partial charge in [0.05, 0.1) is 5.69 Å². The van der Waals surface area contributed by atoms with Gasteiger partial charge in [0.2, 0.25) is 0 Å². The van der Waals surface area contributed by atoms with Crippen molar-refractivity contribution in [3.05, 3.63) is 29.6 Å². The van der Waals surface area contributed by atoms with E-state index in [2.05, 4.69) is 44.7 Å². The van der Waals surface area contributed by atoms with E-state index in [-0.39, 0.29) is 0 Å². The van der Waals surface area contributed by atoms with Crippen LogP contribution in [0.4, 0.5) is 0 Å². The van der Waals surface area contributed by atoms with Crippen LogP contribution in [-0.2, 0) is 7.05 Å². The molecule has 0 radical (unpaired) electrons. The zero-order valence-corrected chi connectivity index (χ0v) is 11.0. The summed E-state index contributed by atoms with van der Waals surface area (Å²) in [5, 5.41) is 8.01. The van der Waals surface area contributed by atoms with Crippen LogP contribution in [0.15, 0.2) is 12.7 Å². The van der Waals surface area contributed by atoms with Gasteiger partial charge in [0.1, 0.15) is 0 Å². The number of aryl methyl sites for hydroxylation is 2. The third kappa shape index (κ3) is 2.73. The predicted octanol–water partition coefficient (Wildman–Crippen LogP) is 2.65. The Kier molecular flexibility index (Phi) is 4.30. The molecule has 1 N–H and O–H groups in total. The van der Waals surface area contributed by atoms with E-state index >= 15 is 0 Å². The Hall–Kier alpha value is -1.09. The Morgan fingerprint density at radius 2 is 2.06 bits per heavy atom. The van der Waals surface area contributed by atoms with Crippen LogP contribution in [0.5, 0.6) is 0 Å². The standard InChI is InChI=1S/C13H23N3/c1-7-8-9(2)14-10(3)13-11(4)15-16(6)12(13)5/h7,9-10,14H,1,8H2,2-6H3. The maximum Gasteiger partial charge on any atom is 0.0644 e. The van der Waals surface area contributed by atoms with Crippen molar-refractivity contribution >= 4 is 0 Å². The highest BCUT2D eigenvalue weighted by atomic mass is 15.3. The SMILES string of the molecule is C=CCC(C)NC(C)c1c(C)nn(C)c1C. The number of aromatic nitrogens is 2. The molecule has 3 nitrogen and oxygen atoms in total. The van der Waals surface area contributed by atoms with Crippen LogP contribution < -0.4 is 5.32 Å². The van der Waals surface area contributed by atoms with Crippen molar-refractivity contribution in [2.45, 2.75) is 46.2 Å². The molecule has 1 heterocycles. The molecule has 0 aromatic carbocycles. The maximum absolute atomic E-state index is 4.44. The second-order valence-corrected chi connectivity index (χ2v) is 4.52. The molecule has 0 spiro atoms. The molecule has 0 aliphatic carbocycles. The lowest BCUT2D eigenvalue weighted by Crippen LogP contribution is -2.29. The van der Waals surface area contributed by atoms with E-state index in [1.165, 1.54) is 11.3 Å². The van der Waals surface area contributed by atoms with E-state index in [1.807, 2.05) is 17.8 Å². The van der Waals surface area contributed by atoms with Crippen LogP contribution in [0.2, 0.25) is 0 Å². The molecule has 0 amide bonds. The summed E-state index contributed by atoms with van der Waals surface area (Å²) in [6, 6.07) is 0.787. The monoisotopic (exact) mass is 221 g/mol. The van der Waals surface area contributed by atoms with Crippen LogP contribution in [0.3, 0.4) is 0 Å². The molecule has 1 rings (SSSR count). The van der Waals surface area contributed by atoms with Crippen molar-refractivity contribution in [1.82, 2.24) is 15.1 Å². The van der Waals surface area contributed by atoms with Crippen LogP contribution in [-0.4, -0.2) is 15.8 Å². The van der Waals surface area contributed by atoms with Gasteiger partial charge in [0.25, 0.3) is 0 Å². The van der Waals surface area contributed by atoms with E-state index in [1.54, 1.807) is 0 Å². The summed E-state index contributed by atoms with van der Waals surface area (Å²) >= 11 is 0. The van der Waals surface area contributed by atoms with Crippen molar-refractivity contribution < 1.29 is 0 Å². The molecule has 0 aliphatic heterocycles. The summed E-state index contributed by atoms with van der Waals surface area (Å²) in [6.07, 6.45) is 2.94. The quantitative estimate of drug-likeness (QED) is 0.775. The fraction of sp³-hybridized carbons (Fsp3) is 0.615. The van der Waals surface area contributed by atoms with Gasteiger partial charge in [0.15, 0.2) is 0 Å². The summed E-state index contributed by atoms with van der Waals surface area (Å²) in [6.45, 7) is 12.3. The smallest absolute Gasteiger partial charge is 0.0644 e. The number of hydrogen-bond acceptors (Lipinski definition) is 2. The van der Waals surface area contributed by atoms with E-state index in [4.69, 9.17) is 0 Å². The zero-order valence-electron chi connectivity index (χ0n) is 11.0. The minimum atomic E-state index is 0.337. The number of rotatable bonds is 5. The molecule has 0 saturated heterocycles. The second-order valence-electron chi connectivity index (χ2n) is 4.52. The highest BCUT2D eigenvalue weighted by Crippen LogP contribution is 2.21. The first-order chi connectivity index (χ1) is 7.47. The molecule has 1 aromatic heterocycles. The van der Waals surface area contributed by atoms with Crippen molar-refractivity contribution in [3.8, 4) is 0 Å². The average Bonchev–Trinajstić information content (AvgIpc) is 2.41. The van der Waals surface area contributed by atoms with Crippen LogP contribution in [0, 0.1) is 13.8 Å². The third-order valence-electron chi connectivity index (χ3n) is 3.05. The molecule has 1 aromatic rings. The molecule has 0 bridgehead atoms. The fourth-order valence-corrected chi connectivity index (χ4v) is 2.24. The molecule has 0 aliphatic rings. The second kappa shape index (κ2) is 5.30. The van der Waals surface area contributed by atoms with Crippen LogP contribution in [0.25, 0.3) is 0 Å². The van der Waals surface area contributed by atoms with Gasteiger partial charge in [-0.2, -0.15) is 5.10 Å². The van der Waals surface area contributed by atoms with Crippen LogP contribution in [0.1, 0.15) is 43.3 Å². The van der Waals surface area contributed by atoms with Crippen molar-refractivity contribution in [3.63, 3.8) is 0 Å². The molecule has 2 unspecified atom stereocenters. The van der Waals surface area contributed by atoms with E-state index in [9.17, 15) is 0 Å². The average molecular weight is 221 g/mol. The first-order valence-corrected chi connectivity index (χ1v) is 5.84. The van der Waals surface area contributed by atoms with E-state index < -0.39 is 0 Å². The van der Waals surface area contributed by atoms with Crippen molar-refractivity contribution in [1.29, 1.82) is 0 Å². The Balaban J connectivity index is 2.79. The fourth-order valence-electron chi connectivity index (χ4n) is 2.24. The first kappa shape index (κ1) is 13.0. The summed E-state index contributed by atoms with van der Waals surface area (Å²) in [4.78, 5) is 0. The minimum Gasteiger partial charge on any atom is -0.307 e. The first-order valence-electron chi connectivity index (χ1n) is 5.84. The summed E-state index contributed by atoms with van der Waals surface area (Å²) in [5.74, 6) is 0. The van der Waals surface area contributed by atoms with Crippen molar-refractivity contribution in [2.75, 3.05) is 0 Å². The lowest BCUT2D eigenvalue weighted by molar-refractivity contribution is 0.479. The van der Waals surface area contributed by atoms with Crippen molar-refractivity contribution in [2.24, 2.45) is 7.05 Å². The molecule has 2 atom stereocenters. The molecule has 0 saturated carbocycles. The van der Waals surface area contributed by atoms with Gasteiger partial charge in [-0.3, -0.25) is 4.68 Å². The van der Waals surface area contributed by atoms with Gasteiger partial charge >= 0.3 is 0 Å². The topological polar surface area (TPSA) is 29.9 Å². The van der Waals surface area contributed by atoms with Gasteiger partial charge < -0.3 is 5.32 Å². The van der Waals surface area contributed by atoms with Gasteiger partial charge in [-0.25, -0.2) is 0 Å². The molecule has 90 valence electrons. The van der Waals surface area contributed by atoms with Gasteiger partial charge in [-0.1, -0.05) is 6.08 Å². The molecule has 0 fully saturated rings. The molecular weight excluding hydrogens is 198 g/mol. The highest BCUT2D eigenvalue weighted by molar-refractivity contribution is 5.27. The lowest BCUT2D eigenvalue weighted by atomic mass is 10.1. The Morgan fingerprint density at radius 1 is 1.44 bits per heavy atom. The summed E-state index contributed by atoms with van der Waals surface area (Å²) in [7, 11) is 1.99. The van der Waals surface area contributed by atoms with E-state index in [0.29, 0.717) is 12.1 Å². The largest absolute Gasteiger partial charge is 0.307 e. The lowest BCUT2D eigenvalue weighted by Gasteiger charge is -2.19. The Bertz CT molecular complexity index is 365. The molecule has 16 heavy (non-hydrogen) atoms. The highest BCUT2D eigenvalue weighted by Gasteiger charge is 2.17. The number of hydrogen-bond donors (Lipinski definition) is 1. The number of nitrogens with zero attached hydrogens (tertiary/aromatic N) is 2. The maximum atomic E-state index is 4.44. The predicted molar refractivity (Wildman–Crippen MR) is 68.5 cm³/mol. The van der Waals surface area contributed by atoms with E-state index in [0.717, 1.165) is 12.1 Å². The normalized spacial score (nSPS) is 14.8. The van der Waals surface area contributed by atoms with Gasteiger partial charge in [-0.05, 0) is 34.1 Å².